The zero-order valence-electron chi connectivity index (χ0n) is 14.6. The van der Waals surface area contributed by atoms with Crippen molar-refractivity contribution in [3.63, 3.8) is 0 Å². The molecule has 0 radical (unpaired) electrons. The molecule has 128 valence electrons. The van der Waals surface area contributed by atoms with Crippen LogP contribution in [0.5, 0.6) is 0 Å². The highest BCUT2D eigenvalue weighted by Gasteiger charge is 2.11. The van der Waals surface area contributed by atoms with Gasteiger partial charge in [-0.05, 0) is 11.6 Å². The number of hydrogen-bond acceptors (Lipinski definition) is 1. The van der Waals surface area contributed by atoms with Crippen LogP contribution in [0.25, 0.3) is 32.9 Å². The van der Waals surface area contributed by atoms with Gasteiger partial charge in [0.25, 0.3) is 0 Å². The van der Waals surface area contributed by atoms with Crippen molar-refractivity contribution in [1.82, 2.24) is 4.98 Å². The third-order valence-electron chi connectivity index (χ3n) is 5.04. The second kappa shape index (κ2) is 6.26. The third-order valence-corrected chi connectivity index (χ3v) is 5.04. The lowest BCUT2D eigenvalue weighted by molar-refractivity contribution is 0.103. The van der Waals surface area contributed by atoms with Gasteiger partial charge in [-0.3, -0.25) is 4.79 Å². The predicted molar refractivity (Wildman–Crippen MR) is 111 cm³/mol. The molecule has 0 aliphatic heterocycles. The number of aromatic amines is 1. The monoisotopic (exact) mass is 347 g/mol. The first-order chi connectivity index (χ1) is 13.3. The summed E-state index contributed by atoms with van der Waals surface area (Å²) in [5, 5.41) is 2.44. The van der Waals surface area contributed by atoms with Gasteiger partial charge >= 0.3 is 0 Å². The standard InChI is InChI=1S/C25H17NO/c27-25(18-7-2-1-3-8-18)19-15-13-17(14-16-19)20-10-6-11-22-21-9-4-5-12-23(21)26-24(20)22/h1-16,26H. The van der Waals surface area contributed by atoms with Gasteiger partial charge < -0.3 is 4.98 Å². The third kappa shape index (κ3) is 2.63. The Bertz CT molecular complexity index is 1260. The van der Waals surface area contributed by atoms with E-state index in [1.54, 1.807) is 0 Å². The number of aromatic nitrogens is 1. The molecule has 0 spiro atoms. The lowest BCUT2D eigenvalue weighted by Gasteiger charge is -2.06. The fourth-order valence-electron chi connectivity index (χ4n) is 3.67. The van der Waals surface area contributed by atoms with Crippen molar-refractivity contribution in [2.45, 2.75) is 0 Å². The number of benzene rings is 4. The summed E-state index contributed by atoms with van der Waals surface area (Å²) in [7, 11) is 0. The Morgan fingerprint density at radius 1 is 0.593 bits per heavy atom. The number of carbonyl (C=O) groups excluding carboxylic acids is 1. The summed E-state index contributed by atoms with van der Waals surface area (Å²) in [6, 6.07) is 31.9. The quantitative estimate of drug-likeness (QED) is 0.386. The van der Waals surface area contributed by atoms with Gasteiger partial charge in [0.05, 0.1) is 5.52 Å². The molecule has 0 aliphatic carbocycles. The molecule has 0 saturated carbocycles. The number of H-pyrrole nitrogens is 1. The number of ketones is 1. The van der Waals surface area contributed by atoms with Gasteiger partial charge in [-0.25, -0.2) is 0 Å². The predicted octanol–water partition coefficient (Wildman–Crippen LogP) is 6.22. The topological polar surface area (TPSA) is 32.9 Å². The summed E-state index contributed by atoms with van der Waals surface area (Å²) in [4.78, 5) is 16.2. The molecular weight excluding hydrogens is 330 g/mol. The Balaban J connectivity index is 1.58. The van der Waals surface area contributed by atoms with Crippen molar-refractivity contribution in [3.05, 3.63) is 108 Å². The van der Waals surface area contributed by atoms with E-state index >= 15 is 0 Å². The van der Waals surface area contributed by atoms with Crippen LogP contribution in [0.2, 0.25) is 0 Å². The molecule has 5 rings (SSSR count). The van der Waals surface area contributed by atoms with E-state index in [9.17, 15) is 4.79 Å². The summed E-state index contributed by atoms with van der Waals surface area (Å²) < 4.78 is 0. The van der Waals surface area contributed by atoms with E-state index in [1.165, 1.54) is 10.8 Å². The summed E-state index contributed by atoms with van der Waals surface area (Å²) in [5.74, 6) is 0.0472. The molecule has 0 saturated heterocycles. The molecular formula is C25H17NO. The lowest BCUT2D eigenvalue weighted by Crippen LogP contribution is -2.00. The van der Waals surface area contributed by atoms with Gasteiger partial charge in [-0.15, -0.1) is 0 Å². The van der Waals surface area contributed by atoms with Crippen molar-refractivity contribution in [3.8, 4) is 11.1 Å². The molecule has 0 aliphatic rings. The maximum atomic E-state index is 12.6. The van der Waals surface area contributed by atoms with E-state index in [0.717, 1.165) is 22.2 Å². The zero-order chi connectivity index (χ0) is 18.2. The van der Waals surface area contributed by atoms with Crippen molar-refractivity contribution < 1.29 is 4.79 Å². The average molecular weight is 347 g/mol. The van der Waals surface area contributed by atoms with E-state index in [0.29, 0.717) is 11.1 Å². The van der Waals surface area contributed by atoms with Crippen LogP contribution in [-0.2, 0) is 0 Å². The smallest absolute Gasteiger partial charge is 0.193 e. The normalized spacial score (nSPS) is 11.1. The Kier molecular flexibility index (Phi) is 3.61. The lowest BCUT2D eigenvalue weighted by atomic mass is 9.98. The van der Waals surface area contributed by atoms with Crippen molar-refractivity contribution >= 4 is 27.6 Å². The molecule has 1 heterocycles. The van der Waals surface area contributed by atoms with E-state index in [1.807, 2.05) is 60.7 Å². The fraction of sp³-hybridized carbons (Fsp3) is 0. The number of rotatable bonds is 3. The summed E-state index contributed by atoms with van der Waals surface area (Å²) in [6.07, 6.45) is 0. The van der Waals surface area contributed by atoms with Crippen molar-refractivity contribution in [2.24, 2.45) is 0 Å². The molecule has 0 bridgehead atoms. The first-order valence-corrected chi connectivity index (χ1v) is 9.01. The molecule has 1 aromatic heterocycles. The summed E-state index contributed by atoms with van der Waals surface area (Å²) in [5.41, 5.74) is 5.91. The van der Waals surface area contributed by atoms with Crippen LogP contribution in [0.3, 0.4) is 0 Å². The number of fused-ring (bicyclic) bond motifs is 3. The average Bonchev–Trinajstić information content (AvgIpc) is 3.13. The Morgan fingerprint density at radius 2 is 1.26 bits per heavy atom. The van der Waals surface area contributed by atoms with Crippen LogP contribution in [-0.4, -0.2) is 10.8 Å². The molecule has 2 heteroatoms. The number of carbonyl (C=O) groups is 1. The highest BCUT2D eigenvalue weighted by molar-refractivity contribution is 6.12. The van der Waals surface area contributed by atoms with Gasteiger partial charge in [-0.2, -0.15) is 0 Å². The molecule has 0 unspecified atom stereocenters. The van der Waals surface area contributed by atoms with Crippen LogP contribution in [0, 0.1) is 0 Å². The Morgan fingerprint density at radius 3 is 2.07 bits per heavy atom. The minimum atomic E-state index is 0.0472. The van der Waals surface area contributed by atoms with E-state index < -0.39 is 0 Å². The van der Waals surface area contributed by atoms with Crippen LogP contribution < -0.4 is 0 Å². The minimum Gasteiger partial charge on any atom is -0.354 e. The Hall–Kier alpha value is -3.65. The van der Waals surface area contributed by atoms with E-state index in [4.69, 9.17) is 0 Å². The molecule has 2 nitrogen and oxygen atoms in total. The zero-order valence-corrected chi connectivity index (χ0v) is 14.6. The second-order valence-corrected chi connectivity index (χ2v) is 6.67. The van der Waals surface area contributed by atoms with Gasteiger partial charge in [-0.1, -0.05) is 91.0 Å². The van der Waals surface area contributed by atoms with E-state index in [2.05, 4.69) is 41.4 Å². The van der Waals surface area contributed by atoms with Crippen LogP contribution in [0.1, 0.15) is 15.9 Å². The highest BCUT2D eigenvalue weighted by atomic mass is 16.1. The molecule has 0 atom stereocenters. The molecule has 0 fully saturated rings. The van der Waals surface area contributed by atoms with Crippen molar-refractivity contribution in [2.75, 3.05) is 0 Å². The number of para-hydroxylation sites is 2. The molecule has 27 heavy (non-hydrogen) atoms. The second-order valence-electron chi connectivity index (χ2n) is 6.67. The van der Waals surface area contributed by atoms with E-state index in [-0.39, 0.29) is 5.78 Å². The van der Waals surface area contributed by atoms with Crippen LogP contribution in [0.15, 0.2) is 97.1 Å². The Labute approximate surface area is 157 Å². The highest BCUT2D eigenvalue weighted by Crippen LogP contribution is 2.33. The van der Waals surface area contributed by atoms with Gasteiger partial charge in [0.1, 0.15) is 0 Å². The number of nitrogens with one attached hydrogen (secondary N) is 1. The van der Waals surface area contributed by atoms with Crippen molar-refractivity contribution in [1.29, 1.82) is 0 Å². The van der Waals surface area contributed by atoms with Gasteiger partial charge in [0.2, 0.25) is 0 Å². The molecule has 4 aromatic carbocycles. The first kappa shape index (κ1) is 15.6. The molecule has 1 N–H and O–H groups in total. The maximum absolute atomic E-state index is 12.6. The minimum absolute atomic E-state index is 0.0472. The van der Waals surface area contributed by atoms with Gasteiger partial charge in [0.15, 0.2) is 5.78 Å². The summed E-state index contributed by atoms with van der Waals surface area (Å²) in [6.45, 7) is 0. The molecule has 5 aromatic rings. The van der Waals surface area contributed by atoms with Gasteiger partial charge in [0, 0.05) is 33.0 Å². The molecule has 0 amide bonds. The first-order valence-electron chi connectivity index (χ1n) is 9.01. The SMILES string of the molecule is O=C(c1ccccc1)c1ccc(-c2cccc3c2[nH]c2ccccc23)cc1. The van der Waals surface area contributed by atoms with Crippen LogP contribution in [0.4, 0.5) is 0 Å². The van der Waals surface area contributed by atoms with Crippen LogP contribution >= 0.6 is 0 Å². The number of hydrogen-bond donors (Lipinski definition) is 1. The summed E-state index contributed by atoms with van der Waals surface area (Å²) >= 11 is 0. The largest absolute Gasteiger partial charge is 0.354 e. The maximum Gasteiger partial charge on any atom is 0.193 e. The fourth-order valence-corrected chi connectivity index (χ4v) is 3.67.